The maximum absolute atomic E-state index is 11.3. The number of oxime groups is 1. The van der Waals surface area contributed by atoms with Gasteiger partial charge in [0.05, 0.1) is 0 Å². The molecule has 0 aliphatic heterocycles. The molecule has 0 spiro atoms. The Labute approximate surface area is 132 Å². The highest BCUT2D eigenvalue weighted by Gasteiger charge is 2.18. The highest BCUT2D eigenvalue weighted by molar-refractivity contribution is 6.35. The summed E-state index contributed by atoms with van der Waals surface area (Å²) in [5.74, 6) is -1.17. The smallest absolute Gasteiger partial charge is 0.477 e. The molecule has 6 heteroatoms. The lowest BCUT2D eigenvalue weighted by molar-refractivity contribution is -0.129. The summed E-state index contributed by atoms with van der Waals surface area (Å²) in [6, 6.07) is 0. The second-order valence-electron chi connectivity index (χ2n) is 6.27. The molecule has 0 saturated heterocycles. The van der Waals surface area contributed by atoms with Gasteiger partial charge in [0.2, 0.25) is 0 Å². The van der Waals surface area contributed by atoms with Gasteiger partial charge >= 0.3 is 12.1 Å². The Balaban J connectivity index is 4.07. The van der Waals surface area contributed by atoms with E-state index in [9.17, 15) is 9.59 Å². The van der Waals surface area contributed by atoms with Crippen LogP contribution in [0.2, 0.25) is 0 Å². The summed E-state index contributed by atoms with van der Waals surface area (Å²) in [6.07, 6.45) is 6.87. The van der Waals surface area contributed by atoms with Gasteiger partial charge in [0, 0.05) is 6.42 Å². The molecule has 0 aromatic heterocycles. The number of nitrogens with zero attached hydrogens (tertiary/aromatic N) is 1. The van der Waals surface area contributed by atoms with Crippen LogP contribution in [0.4, 0.5) is 4.79 Å². The van der Waals surface area contributed by atoms with Crippen LogP contribution in [0.25, 0.3) is 0 Å². The molecule has 0 bridgehead atoms. The van der Waals surface area contributed by atoms with Crippen LogP contribution in [0.15, 0.2) is 5.16 Å². The van der Waals surface area contributed by atoms with Gasteiger partial charge in [-0.25, -0.2) is 9.59 Å². The summed E-state index contributed by atoms with van der Waals surface area (Å²) in [7, 11) is 0. The van der Waals surface area contributed by atoms with Gasteiger partial charge in [0.25, 0.3) is 0 Å². The first-order valence-electron chi connectivity index (χ1n) is 7.96. The molecule has 0 amide bonds. The summed E-state index contributed by atoms with van der Waals surface area (Å²) in [5.41, 5.74) is -0.853. The quantitative estimate of drug-likeness (QED) is 0.211. The lowest BCUT2D eigenvalue weighted by atomic mass is 10.1. The maximum Gasteiger partial charge on any atom is 0.535 e. The average Bonchev–Trinajstić information content (AvgIpc) is 2.38. The number of carbonyl (C=O) groups is 2. The zero-order valence-electron chi connectivity index (χ0n) is 14.2. The molecule has 0 heterocycles. The van der Waals surface area contributed by atoms with Gasteiger partial charge in [-0.15, -0.1) is 0 Å². The third-order valence-electron chi connectivity index (χ3n) is 2.88. The minimum atomic E-state index is -1.17. The van der Waals surface area contributed by atoms with Gasteiger partial charge in [-0.1, -0.05) is 50.6 Å². The summed E-state index contributed by atoms with van der Waals surface area (Å²) >= 11 is 0. The Morgan fingerprint density at radius 3 is 2.05 bits per heavy atom. The van der Waals surface area contributed by atoms with Gasteiger partial charge in [0.15, 0.2) is 5.71 Å². The molecule has 0 rings (SSSR count). The van der Waals surface area contributed by atoms with Crippen molar-refractivity contribution in [2.75, 3.05) is 0 Å². The molecule has 0 aromatic carbocycles. The van der Waals surface area contributed by atoms with Crippen LogP contribution in [0.5, 0.6) is 0 Å². The predicted octanol–water partition coefficient (Wildman–Crippen LogP) is 4.52. The molecule has 0 aliphatic rings. The number of unbranched alkanes of at least 4 members (excludes halogenated alkanes) is 6. The van der Waals surface area contributed by atoms with Crippen LogP contribution in [0, 0.1) is 0 Å². The first-order valence-corrected chi connectivity index (χ1v) is 7.96. The van der Waals surface area contributed by atoms with Crippen LogP contribution in [-0.2, 0) is 14.4 Å². The lowest BCUT2D eigenvalue weighted by Gasteiger charge is -2.17. The molecule has 0 aromatic rings. The van der Waals surface area contributed by atoms with Crippen LogP contribution < -0.4 is 0 Å². The summed E-state index contributed by atoms with van der Waals surface area (Å²) in [6.45, 7) is 7.23. The third kappa shape index (κ3) is 12.2. The summed E-state index contributed by atoms with van der Waals surface area (Å²) in [4.78, 5) is 26.9. The molecule has 0 unspecified atom stereocenters. The second-order valence-corrected chi connectivity index (χ2v) is 6.27. The van der Waals surface area contributed by atoms with Crippen molar-refractivity contribution in [1.29, 1.82) is 0 Å². The largest absolute Gasteiger partial charge is 0.535 e. The molecular weight excluding hydrogens is 286 g/mol. The molecule has 0 fully saturated rings. The monoisotopic (exact) mass is 315 g/mol. The fourth-order valence-corrected chi connectivity index (χ4v) is 1.80. The summed E-state index contributed by atoms with van der Waals surface area (Å²) < 4.78 is 4.89. The van der Waals surface area contributed by atoms with Crippen molar-refractivity contribution in [3.63, 3.8) is 0 Å². The van der Waals surface area contributed by atoms with E-state index in [-0.39, 0.29) is 12.1 Å². The molecule has 6 nitrogen and oxygen atoms in total. The predicted molar refractivity (Wildman–Crippen MR) is 85.0 cm³/mol. The summed E-state index contributed by atoms with van der Waals surface area (Å²) in [5, 5.41) is 12.4. The van der Waals surface area contributed by atoms with Crippen molar-refractivity contribution in [2.24, 2.45) is 5.16 Å². The molecule has 0 atom stereocenters. The van der Waals surface area contributed by atoms with E-state index in [2.05, 4.69) is 16.9 Å². The lowest BCUT2D eigenvalue weighted by Crippen LogP contribution is -2.24. The average molecular weight is 315 g/mol. The number of aliphatic carboxylic acids is 1. The number of rotatable bonds is 10. The van der Waals surface area contributed by atoms with Crippen LogP contribution in [0.3, 0.4) is 0 Å². The second kappa shape index (κ2) is 11.0. The topological polar surface area (TPSA) is 85.2 Å². The first kappa shape index (κ1) is 20.4. The SMILES string of the molecule is CCCCCCCCCC(=NOC(=O)OC(C)(C)C)C(=O)O. The van der Waals surface area contributed by atoms with Crippen LogP contribution in [-0.4, -0.2) is 28.5 Å². The van der Waals surface area contributed by atoms with E-state index in [0.29, 0.717) is 0 Å². The van der Waals surface area contributed by atoms with Gasteiger partial charge in [-0.05, 0) is 27.2 Å². The number of carboxylic acid groups (broad SMARTS) is 1. The number of ether oxygens (including phenoxy) is 1. The highest BCUT2D eigenvalue weighted by Crippen LogP contribution is 2.10. The van der Waals surface area contributed by atoms with E-state index in [0.717, 1.165) is 19.3 Å². The fraction of sp³-hybridized carbons (Fsp3) is 0.812. The Kier molecular flexibility index (Phi) is 10.2. The number of hydrogen-bond donors (Lipinski definition) is 1. The van der Waals surface area contributed by atoms with Crippen LogP contribution >= 0.6 is 0 Å². The fourth-order valence-electron chi connectivity index (χ4n) is 1.80. The molecular formula is C16H29NO5. The van der Waals surface area contributed by atoms with Crippen molar-refractivity contribution in [2.45, 2.75) is 84.7 Å². The van der Waals surface area contributed by atoms with E-state index in [1.54, 1.807) is 20.8 Å². The van der Waals surface area contributed by atoms with Crippen molar-refractivity contribution >= 4 is 17.8 Å². The van der Waals surface area contributed by atoms with E-state index in [1.807, 2.05) is 0 Å². The Morgan fingerprint density at radius 1 is 1.00 bits per heavy atom. The maximum atomic E-state index is 11.3. The van der Waals surface area contributed by atoms with E-state index in [4.69, 9.17) is 9.84 Å². The van der Waals surface area contributed by atoms with Gasteiger partial charge in [-0.2, -0.15) is 0 Å². The van der Waals surface area contributed by atoms with Gasteiger partial charge in [0.1, 0.15) is 5.60 Å². The van der Waals surface area contributed by atoms with Crippen molar-refractivity contribution in [3.8, 4) is 0 Å². The molecule has 1 N–H and O–H groups in total. The number of carboxylic acids is 1. The molecule has 0 radical (unpaired) electrons. The van der Waals surface area contributed by atoms with E-state index < -0.39 is 17.7 Å². The van der Waals surface area contributed by atoms with E-state index in [1.165, 1.54) is 25.7 Å². The zero-order valence-corrected chi connectivity index (χ0v) is 14.2. The number of hydrogen-bond acceptors (Lipinski definition) is 5. The normalized spacial score (nSPS) is 12.1. The standard InChI is InChI=1S/C16H29NO5/c1-5-6-7-8-9-10-11-12-13(14(18)19)17-22-15(20)21-16(2,3)4/h5-12H2,1-4H3,(H,18,19). The number of carbonyl (C=O) groups excluding carboxylic acids is 1. The molecule has 128 valence electrons. The van der Waals surface area contributed by atoms with E-state index >= 15 is 0 Å². The Hall–Kier alpha value is -1.59. The van der Waals surface area contributed by atoms with Crippen LogP contribution in [0.1, 0.15) is 79.1 Å². The van der Waals surface area contributed by atoms with Gasteiger partial charge < -0.3 is 9.84 Å². The first-order chi connectivity index (χ1) is 10.3. The van der Waals surface area contributed by atoms with Crippen molar-refractivity contribution < 1.29 is 24.3 Å². The Bertz CT molecular complexity index is 371. The third-order valence-corrected chi connectivity index (χ3v) is 2.88. The molecule has 22 heavy (non-hydrogen) atoms. The zero-order chi connectivity index (χ0) is 17.0. The Morgan fingerprint density at radius 2 is 1.55 bits per heavy atom. The molecule has 0 aliphatic carbocycles. The minimum Gasteiger partial charge on any atom is -0.477 e. The van der Waals surface area contributed by atoms with Gasteiger partial charge in [-0.3, -0.25) is 4.84 Å². The highest BCUT2D eigenvalue weighted by atomic mass is 16.8. The molecule has 0 saturated carbocycles. The van der Waals surface area contributed by atoms with Crippen molar-refractivity contribution in [3.05, 3.63) is 0 Å². The van der Waals surface area contributed by atoms with Crippen molar-refractivity contribution in [1.82, 2.24) is 0 Å². The minimum absolute atomic E-state index is 0.153.